The highest BCUT2D eigenvalue weighted by molar-refractivity contribution is 5.95. The van der Waals surface area contributed by atoms with Crippen molar-refractivity contribution in [3.8, 4) is 5.88 Å². The Morgan fingerprint density at radius 1 is 1.17 bits per heavy atom. The van der Waals surface area contributed by atoms with Crippen LogP contribution in [0.1, 0.15) is 24.0 Å². The molecule has 16 heteroatoms. The van der Waals surface area contributed by atoms with Gasteiger partial charge in [-0.3, -0.25) is 9.69 Å². The molecule has 0 radical (unpaired) electrons. The predicted molar refractivity (Wildman–Crippen MR) is 150 cm³/mol. The van der Waals surface area contributed by atoms with Crippen molar-refractivity contribution in [3.05, 3.63) is 29.2 Å². The number of amides is 2. The number of hydrogen-bond donors (Lipinski definition) is 2. The Kier molecular flexibility index (Phi) is 7.94. The number of hydrogen-bond acceptors (Lipinski definition) is 10. The number of carbonyl (C=O) groups excluding carboxylic acids is 2. The molecule has 41 heavy (non-hydrogen) atoms. The summed E-state index contributed by atoms with van der Waals surface area (Å²) in [6.45, 7) is 3.49. The van der Waals surface area contributed by atoms with Crippen molar-refractivity contribution in [2.45, 2.75) is 37.8 Å². The third-order valence-electron chi connectivity index (χ3n) is 8.04. The van der Waals surface area contributed by atoms with Gasteiger partial charge < -0.3 is 25.4 Å². The van der Waals surface area contributed by atoms with Crippen molar-refractivity contribution in [1.29, 1.82) is 0 Å². The van der Waals surface area contributed by atoms with Crippen LogP contribution in [0.4, 0.5) is 20.8 Å². The average Bonchev–Trinajstić information content (AvgIpc) is 3.61. The smallest absolute Gasteiger partial charge is 0.416 e. The molecule has 4 aliphatic rings. The maximum absolute atomic E-state index is 15.3. The minimum Gasteiger partial charge on any atom is -0.465 e. The molecule has 2 fully saturated rings. The number of aromatic nitrogens is 5. The molecule has 7 rings (SSSR count). The fourth-order valence-electron chi connectivity index (χ4n) is 6.13. The molecule has 3 aliphatic heterocycles. The second kappa shape index (κ2) is 11.2. The molecule has 2 aromatic heterocycles. The first-order chi connectivity index (χ1) is 18.9. The van der Waals surface area contributed by atoms with E-state index in [4.69, 9.17) is 15.2 Å². The summed E-state index contributed by atoms with van der Waals surface area (Å²) in [7, 11) is 0. The van der Waals surface area contributed by atoms with Gasteiger partial charge in [-0.15, -0.1) is 24.8 Å². The van der Waals surface area contributed by atoms with Crippen molar-refractivity contribution < 1.29 is 23.5 Å². The summed E-state index contributed by atoms with van der Waals surface area (Å²) < 4.78 is 26.4. The standard InChI is InChI=1S/C25H28FN9O4.2ClH/c26-20-16-8-14(7-15(16)9-17-21(20)32-35(31-17)6-3-27)11-33-4-1-25(2-5-33)13-34(24(37)39-25)18-10-28-23-22(29-18)30-19(36)12-38-23;;/h9-10,14H,1-8,11-13,27H2,(H,29,30,36);2*1H. The van der Waals surface area contributed by atoms with Gasteiger partial charge in [0.1, 0.15) is 16.6 Å². The van der Waals surface area contributed by atoms with E-state index in [1.54, 1.807) is 0 Å². The number of likely N-dealkylation sites (tertiary alicyclic amines) is 1. The van der Waals surface area contributed by atoms with Gasteiger partial charge >= 0.3 is 6.09 Å². The van der Waals surface area contributed by atoms with Crippen LogP contribution in [-0.2, 0) is 28.9 Å². The van der Waals surface area contributed by atoms with Gasteiger partial charge in [0.2, 0.25) is 0 Å². The fourth-order valence-corrected chi connectivity index (χ4v) is 6.13. The van der Waals surface area contributed by atoms with Crippen LogP contribution in [0.2, 0.25) is 0 Å². The number of rotatable bonds is 5. The van der Waals surface area contributed by atoms with Crippen molar-refractivity contribution in [2.75, 3.05) is 49.5 Å². The van der Waals surface area contributed by atoms with E-state index in [2.05, 4.69) is 30.4 Å². The SMILES string of the molecule is Cl.Cl.NCCn1nc2cc3c(c(F)c2n1)CC(CN1CCC2(CC1)CN(c1cnc4c(n1)NC(=O)CO4)C(=O)O2)C3. The topological polar surface area (TPSA) is 154 Å². The summed E-state index contributed by atoms with van der Waals surface area (Å²) in [5.74, 6) is 0.452. The number of anilines is 2. The minimum atomic E-state index is -0.602. The van der Waals surface area contributed by atoms with E-state index < -0.39 is 11.7 Å². The normalized spacial score (nSPS) is 21.0. The van der Waals surface area contributed by atoms with Gasteiger partial charge in [-0.25, -0.2) is 19.2 Å². The first-order valence-electron chi connectivity index (χ1n) is 13.2. The Morgan fingerprint density at radius 3 is 2.76 bits per heavy atom. The van der Waals surface area contributed by atoms with Gasteiger partial charge in [0.05, 0.1) is 19.3 Å². The van der Waals surface area contributed by atoms with Crippen LogP contribution in [0.25, 0.3) is 11.0 Å². The molecule has 2 saturated heterocycles. The lowest BCUT2D eigenvalue weighted by Gasteiger charge is -2.38. The quantitative estimate of drug-likeness (QED) is 0.437. The van der Waals surface area contributed by atoms with E-state index >= 15 is 4.39 Å². The zero-order valence-corrected chi connectivity index (χ0v) is 23.7. The van der Waals surface area contributed by atoms with E-state index in [-0.39, 0.29) is 54.8 Å². The zero-order valence-electron chi connectivity index (χ0n) is 22.0. The summed E-state index contributed by atoms with van der Waals surface area (Å²) in [6, 6.07) is 1.96. The van der Waals surface area contributed by atoms with Crippen molar-refractivity contribution in [2.24, 2.45) is 11.7 Å². The molecule has 2 amide bonds. The maximum Gasteiger partial charge on any atom is 0.416 e. The van der Waals surface area contributed by atoms with Crippen LogP contribution >= 0.6 is 24.8 Å². The molecule has 1 unspecified atom stereocenters. The first-order valence-corrected chi connectivity index (χ1v) is 13.2. The van der Waals surface area contributed by atoms with Gasteiger partial charge in [0.25, 0.3) is 11.8 Å². The number of halogens is 3. The largest absolute Gasteiger partial charge is 0.465 e. The highest BCUT2D eigenvalue weighted by atomic mass is 35.5. The molecule has 1 atom stereocenters. The number of carbonyl (C=O) groups is 2. The lowest BCUT2D eigenvalue weighted by atomic mass is 9.90. The number of fused-ring (bicyclic) bond motifs is 3. The molecule has 3 N–H and O–H groups in total. The van der Waals surface area contributed by atoms with E-state index in [1.165, 1.54) is 15.9 Å². The van der Waals surface area contributed by atoms with Crippen LogP contribution in [-0.4, -0.2) is 86.8 Å². The second-order valence-electron chi connectivity index (χ2n) is 10.7. The van der Waals surface area contributed by atoms with Crippen molar-refractivity contribution >= 4 is 59.5 Å². The number of nitrogens with zero attached hydrogens (tertiary/aromatic N) is 7. The predicted octanol–water partition coefficient (Wildman–Crippen LogP) is 1.70. The second-order valence-corrected chi connectivity index (χ2v) is 10.7. The summed E-state index contributed by atoms with van der Waals surface area (Å²) in [6.07, 6.45) is 3.82. The number of ether oxygens (including phenoxy) is 2. The van der Waals surface area contributed by atoms with Crippen LogP contribution in [0.5, 0.6) is 5.88 Å². The molecule has 1 aromatic carbocycles. The summed E-state index contributed by atoms with van der Waals surface area (Å²) >= 11 is 0. The van der Waals surface area contributed by atoms with Gasteiger partial charge in [-0.1, -0.05) is 0 Å². The minimum absolute atomic E-state index is 0. The fraction of sp³-hybridized carbons (Fsp3) is 0.520. The lowest BCUT2D eigenvalue weighted by Crippen LogP contribution is -2.48. The Hall–Kier alpha value is -3.33. The summed E-state index contributed by atoms with van der Waals surface area (Å²) in [5, 5.41) is 11.3. The Bertz CT molecular complexity index is 1500. The average molecular weight is 610 g/mol. The summed E-state index contributed by atoms with van der Waals surface area (Å²) in [4.78, 5) is 38.3. The number of benzene rings is 1. The Morgan fingerprint density at radius 2 is 1.98 bits per heavy atom. The van der Waals surface area contributed by atoms with Crippen LogP contribution < -0.4 is 20.7 Å². The van der Waals surface area contributed by atoms with Gasteiger partial charge in [-0.2, -0.15) is 15.0 Å². The first kappa shape index (κ1) is 29.2. The molecule has 13 nitrogen and oxygen atoms in total. The highest BCUT2D eigenvalue weighted by Gasteiger charge is 2.48. The van der Waals surface area contributed by atoms with E-state index in [1.807, 2.05) is 6.07 Å². The van der Waals surface area contributed by atoms with Gasteiger partial charge in [0, 0.05) is 39.0 Å². The molecule has 3 aromatic rings. The molecule has 1 aliphatic carbocycles. The maximum atomic E-state index is 15.3. The van der Waals surface area contributed by atoms with E-state index in [0.717, 1.165) is 37.2 Å². The van der Waals surface area contributed by atoms with Crippen molar-refractivity contribution in [3.63, 3.8) is 0 Å². The molecule has 220 valence electrons. The van der Waals surface area contributed by atoms with E-state index in [0.29, 0.717) is 61.7 Å². The lowest BCUT2D eigenvalue weighted by molar-refractivity contribution is -0.118. The van der Waals surface area contributed by atoms with Crippen LogP contribution in [0.3, 0.4) is 0 Å². The molecule has 5 heterocycles. The third-order valence-corrected chi connectivity index (χ3v) is 8.04. The van der Waals surface area contributed by atoms with Gasteiger partial charge in [0.15, 0.2) is 24.1 Å². The third kappa shape index (κ3) is 5.25. The summed E-state index contributed by atoms with van der Waals surface area (Å²) in [5.41, 5.74) is 7.62. The van der Waals surface area contributed by atoms with E-state index in [9.17, 15) is 9.59 Å². The zero-order chi connectivity index (χ0) is 26.7. The van der Waals surface area contributed by atoms with Crippen molar-refractivity contribution in [1.82, 2.24) is 29.9 Å². The van der Waals surface area contributed by atoms with Crippen LogP contribution in [0, 0.1) is 11.7 Å². The Balaban J connectivity index is 0.00000169. The highest BCUT2D eigenvalue weighted by Crippen LogP contribution is 2.38. The molecule has 0 bridgehead atoms. The van der Waals surface area contributed by atoms with Gasteiger partial charge in [-0.05, 0) is 36.0 Å². The van der Waals surface area contributed by atoms with Crippen LogP contribution in [0.15, 0.2) is 12.3 Å². The molecule has 0 saturated carbocycles. The Labute approximate surface area is 246 Å². The molecular formula is C25H30Cl2FN9O4. The monoisotopic (exact) mass is 609 g/mol. The molecular weight excluding hydrogens is 580 g/mol. The molecule has 1 spiro atoms. The number of piperidine rings is 1. The number of nitrogens with two attached hydrogens (primary N) is 1. The number of nitrogens with one attached hydrogen (secondary N) is 1.